The van der Waals surface area contributed by atoms with Crippen LogP contribution in [0.3, 0.4) is 0 Å². The highest BCUT2D eigenvalue weighted by atomic mass is 16.5. The smallest absolute Gasteiger partial charge is 0.334 e. The Kier molecular flexibility index (Phi) is 5.81. The Morgan fingerprint density at radius 1 is 1.37 bits per heavy atom. The Labute approximate surface area is 111 Å². The van der Waals surface area contributed by atoms with Gasteiger partial charge in [-0.15, -0.1) is 0 Å². The highest BCUT2D eigenvalue weighted by Gasteiger charge is 2.17. The topological polar surface area (TPSA) is 84.9 Å². The maximum absolute atomic E-state index is 11.5. The van der Waals surface area contributed by atoms with Crippen LogP contribution in [0, 0.1) is 6.92 Å². The van der Waals surface area contributed by atoms with Crippen molar-refractivity contribution in [2.75, 3.05) is 20.3 Å². The zero-order chi connectivity index (χ0) is 14.3. The van der Waals surface area contributed by atoms with Gasteiger partial charge in [-0.05, 0) is 18.6 Å². The van der Waals surface area contributed by atoms with Crippen molar-refractivity contribution in [2.45, 2.75) is 13.0 Å². The van der Waals surface area contributed by atoms with Gasteiger partial charge < -0.3 is 19.9 Å². The second-order valence-electron chi connectivity index (χ2n) is 3.92. The Morgan fingerprint density at radius 2 is 2.05 bits per heavy atom. The molecule has 0 heterocycles. The van der Waals surface area contributed by atoms with Crippen molar-refractivity contribution in [3.8, 4) is 5.75 Å². The summed E-state index contributed by atoms with van der Waals surface area (Å²) >= 11 is 0. The van der Waals surface area contributed by atoms with Gasteiger partial charge in [-0.25, -0.2) is 4.79 Å². The second kappa shape index (κ2) is 7.38. The number of methoxy groups -OCH3 is 1. The van der Waals surface area contributed by atoms with Gasteiger partial charge in [0.25, 0.3) is 5.91 Å². The van der Waals surface area contributed by atoms with Gasteiger partial charge in [0, 0.05) is 7.11 Å². The fourth-order valence-electron chi connectivity index (χ4n) is 1.39. The van der Waals surface area contributed by atoms with E-state index >= 15 is 0 Å². The highest BCUT2D eigenvalue weighted by molar-refractivity contribution is 5.79. The van der Waals surface area contributed by atoms with Crippen molar-refractivity contribution in [1.82, 2.24) is 5.32 Å². The number of benzene rings is 1. The molecule has 1 aromatic rings. The molecule has 0 aromatic heterocycles. The molecule has 0 aliphatic carbocycles. The molecule has 0 bridgehead atoms. The number of aryl methyl sites for hydroxylation is 1. The van der Waals surface area contributed by atoms with E-state index in [0.717, 1.165) is 5.56 Å². The van der Waals surface area contributed by atoms with Gasteiger partial charge >= 0.3 is 5.97 Å². The molecule has 0 aliphatic heterocycles. The molecule has 2 N–H and O–H groups in total. The molecular formula is C13H17NO5. The first-order chi connectivity index (χ1) is 9.04. The molecule has 0 aliphatic rings. The normalized spacial score (nSPS) is 11.7. The zero-order valence-corrected chi connectivity index (χ0v) is 10.9. The molecule has 1 aromatic carbocycles. The lowest BCUT2D eigenvalue weighted by molar-refractivity contribution is -0.148. The standard InChI is InChI=1S/C13H17NO5/c1-9-5-3-4-6-10(9)19-8-12(15)14-7-11(18-2)13(16)17/h3-6,11H,7-8H2,1-2H3,(H,14,15)(H,16,17). The van der Waals surface area contributed by atoms with Gasteiger partial charge in [0.05, 0.1) is 6.54 Å². The number of carboxylic acids is 1. The van der Waals surface area contributed by atoms with E-state index in [1.54, 1.807) is 6.07 Å². The molecule has 0 radical (unpaired) electrons. The average molecular weight is 267 g/mol. The third-order valence-corrected chi connectivity index (χ3v) is 2.50. The summed E-state index contributed by atoms with van der Waals surface area (Å²) in [6, 6.07) is 7.32. The van der Waals surface area contributed by atoms with Crippen LogP contribution in [0.2, 0.25) is 0 Å². The van der Waals surface area contributed by atoms with Crippen LogP contribution in [0.1, 0.15) is 5.56 Å². The van der Waals surface area contributed by atoms with Gasteiger partial charge in [-0.1, -0.05) is 18.2 Å². The number of amides is 1. The first-order valence-electron chi connectivity index (χ1n) is 5.75. The minimum absolute atomic E-state index is 0.0954. The quantitative estimate of drug-likeness (QED) is 0.755. The molecule has 6 heteroatoms. The van der Waals surface area contributed by atoms with Gasteiger partial charge in [0.1, 0.15) is 5.75 Å². The lowest BCUT2D eigenvalue weighted by atomic mass is 10.2. The van der Waals surface area contributed by atoms with Crippen molar-refractivity contribution in [2.24, 2.45) is 0 Å². The molecule has 0 spiro atoms. The van der Waals surface area contributed by atoms with E-state index in [2.05, 4.69) is 10.1 Å². The summed E-state index contributed by atoms with van der Waals surface area (Å²) in [5.41, 5.74) is 0.926. The van der Waals surface area contributed by atoms with Crippen LogP contribution in [-0.2, 0) is 14.3 Å². The molecule has 0 saturated heterocycles. The van der Waals surface area contributed by atoms with E-state index in [9.17, 15) is 9.59 Å². The molecule has 6 nitrogen and oxygen atoms in total. The van der Waals surface area contributed by atoms with E-state index in [0.29, 0.717) is 5.75 Å². The monoisotopic (exact) mass is 267 g/mol. The van der Waals surface area contributed by atoms with E-state index in [4.69, 9.17) is 9.84 Å². The van der Waals surface area contributed by atoms with Crippen LogP contribution >= 0.6 is 0 Å². The SMILES string of the molecule is COC(CNC(=O)COc1ccccc1C)C(=O)O. The molecule has 19 heavy (non-hydrogen) atoms. The van der Waals surface area contributed by atoms with Gasteiger partial charge in [0.15, 0.2) is 12.7 Å². The van der Waals surface area contributed by atoms with Crippen molar-refractivity contribution in [3.63, 3.8) is 0 Å². The van der Waals surface area contributed by atoms with Crippen molar-refractivity contribution >= 4 is 11.9 Å². The summed E-state index contributed by atoms with van der Waals surface area (Å²) in [6.07, 6.45) is -1.05. The van der Waals surface area contributed by atoms with Crippen LogP contribution in [0.25, 0.3) is 0 Å². The Hall–Kier alpha value is -2.08. The number of rotatable bonds is 7. The maximum atomic E-state index is 11.5. The first-order valence-corrected chi connectivity index (χ1v) is 5.75. The Balaban J connectivity index is 2.36. The zero-order valence-electron chi connectivity index (χ0n) is 10.9. The maximum Gasteiger partial charge on any atom is 0.334 e. The molecule has 1 amide bonds. The van der Waals surface area contributed by atoms with Crippen LogP contribution in [0.15, 0.2) is 24.3 Å². The third kappa shape index (κ3) is 4.97. The first kappa shape index (κ1) is 15.0. The van der Waals surface area contributed by atoms with E-state index in [-0.39, 0.29) is 13.2 Å². The lowest BCUT2D eigenvalue weighted by Gasteiger charge is -2.12. The van der Waals surface area contributed by atoms with Crippen LogP contribution in [-0.4, -0.2) is 43.3 Å². The summed E-state index contributed by atoms with van der Waals surface area (Å²) in [4.78, 5) is 22.1. The molecule has 1 rings (SSSR count). The number of carbonyl (C=O) groups excluding carboxylic acids is 1. The predicted molar refractivity (Wildman–Crippen MR) is 68.1 cm³/mol. The minimum atomic E-state index is -1.12. The van der Waals surface area contributed by atoms with Crippen molar-refractivity contribution < 1.29 is 24.2 Å². The lowest BCUT2D eigenvalue weighted by Crippen LogP contribution is -2.39. The number of hydrogen-bond acceptors (Lipinski definition) is 4. The largest absolute Gasteiger partial charge is 0.484 e. The van der Waals surface area contributed by atoms with E-state index in [1.807, 2.05) is 25.1 Å². The summed E-state index contributed by atoms with van der Waals surface area (Å²) in [6.45, 7) is 1.61. The van der Waals surface area contributed by atoms with Gasteiger partial charge in [0.2, 0.25) is 0 Å². The molecule has 104 valence electrons. The summed E-state index contributed by atoms with van der Waals surface area (Å²) < 4.78 is 10.0. The molecule has 1 unspecified atom stereocenters. The van der Waals surface area contributed by atoms with Crippen molar-refractivity contribution in [3.05, 3.63) is 29.8 Å². The molecular weight excluding hydrogens is 250 g/mol. The number of carbonyl (C=O) groups is 2. The Morgan fingerprint density at radius 3 is 2.63 bits per heavy atom. The number of ether oxygens (including phenoxy) is 2. The third-order valence-electron chi connectivity index (χ3n) is 2.50. The molecule has 0 fully saturated rings. The summed E-state index contributed by atoms with van der Waals surface area (Å²) in [7, 11) is 1.27. The average Bonchev–Trinajstić information content (AvgIpc) is 2.38. The second-order valence-corrected chi connectivity index (χ2v) is 3.92. The number of para-hydroxylation sites is 1. The fourth-order valence-corrected chi connectivity index (χ4v) is 1.39. The van der Waals surface area contributed by atoms with E-state index < -0.39 is 18.0 Å². The highest BCUT2D eigenvalue weighted by Crippen LogP contribution is 2.15. The number of carboxylic acid groups (broad SMARTS) is 1. The number of aliphatic carboxylic acids is 1. The minimum Gasteiger partial charge on any atom is -0.484 e. The Bertz CT molecular complexity index is 446. The van der Waals surface area contributed by atoms with Gasteiger partial charge in [-0.3, -0.25) is 4.79 Å². The van der Waals surface area contributed by atoms with Crippen molar-refractivity contribution in [1.29, 1.82) is 0 Å². The van der Waals surface area contributed by atoms with E-state index in [1.165, 1.54) is 7.11 Å². The fraction of sp³-hybridized carbons (Fsp3) is 0.385. The number of nitrogens with one attached hydrogen (secondary N) is 1. The summed E-state index contributed by atoms with van der Waals surface area (Å²) in [5.74, 6) is -0.895. The number of hydrogen-bond donors (Lipinski definition) is 2. The molecule has 0 saturated carbocycles. The van der Waals surface area contributed by atoms with Crippen LogP contribution < -0.4 is 10.1 Å². The molecule has 1 atom stereocenters. The summed E-state index contributed by atoms with van der Waals surface area (Å²) in [5, 5.41) is 11.2. The van der Waals surface area contributed by atoms with Crippen LogP contribution in [0.5, 0.6) is 5.75 Å². The predicted octanol–water partition coefficient (Wildman–Crippen LogP) is 0.590. The van der Waals surface area contributed by atoms with Crippen LogP contribution in [0.4, 0.5) is 0 Å². The van der Waals surface area contributed by atoms with Gasteiger partial charge in [-0.2, -0.15) is 0 Å².